The number of rotatable bonds is 16. The second-order valence-electron chi connectivity index (χ2n) is 22.7. The first-order valence-corrected chi connectivity index (χ1v) is 27.8. The number of carbonyl (C=O) groups is 2. The quantitative estimate of drug-likeness (QED) is 0.0717. The van der Waals surface area contributed by atoms with E-state index in [0.717, 1.165) is 97.9 Å². The summed E-state index contributed by atoms with van der Waals surface area (Å²) in [7, 11) is 0. The number of benzene rings is 2. The zero-order chi connectivity index (χ0) is 53.2. The first-order valence-electron chi connectivity index (χ1n) is 26.9. The molecule has 77 heavy (non-hydrogen) atoms. The van der Waals surface area contributed by atoms with Crippen LogP contribution in [0.15, 0.2) is 89.0 Å². The van der Waals surface area contributed by atoms with Crippen molar-refractivity contribution < 1.29 is 33.8 Å². The molecule has 3 aliphatic carbocycles. The fourth-order valence-electron chi connectivity index (χ4n) is 13.2. The number of nitrogens with zero attached hydrogens (tertiary/aromatic N) is 9. The summed E-state index contributed by atoms with van der Waals surface area (Å²) in [5.74, 6) is 6.97. The molecule has 7 aliphatic rings. The molecule has 13 rings (SSSR count). The molecule has 19 heteroatoms. The number of phenols is 1. The van der Waals surface area contributed by atoms with Gasteiger partial charge in [0.25, 0.3) is 5.88 Å². The van der Waals surface area contributed by atoms with Gasteiger partial charge in [0.2, 0.25) is 17.7 Å². The summed E-state index contributed by atoms with van der Waals surface area (Å²) in [6, 6.07) is 22.4. The van der Waals surface area contributed by atoms with Crippen LogP contribution in [-0.4, -0.2) is 133 Å². The van der Waals surface area contributed by atoms with Gasteiger partial charge in [0.1, 0.15) is 23.8 Å². The van der Waals surface area contributed by atoms with Crippen LogP contribution in [0.3, 0.4) is 0 Å². The molecule has 6 aromatic rings. The molecule has 7 fully saturated rings. The van der Waals surface area contributed by atoms with Crippen LogP contribution in [0.5, 0.6) is 17.5 Å². The van der Waals surface area contributed by atoms with Crippen molar-refractivity contribution in [1.82, 2.24) is 40.4 Å². The highest BCUT2D eigenvalue weighted by molar-refractivity contribution is 7.13. The fraction of sp³-hybridized carbons (Fsp3) is 0.466. The van der Waals surface area contributed by atoms with Crippen molar-refractivity contribution in [3.05, 3.63) is 102 Å². The predicted molar refractivity (Wildman–Crippen MR) is 291 cm³/mol. The molecular formula is C58H65N11O7S. The number of nitrogens with one attached hydrogen (secondary N) is 1. The Morgan fingerprint density at radius 2 is 1.71 bits per heavy atom. The SMILES string of the molecule is Cc1ncsc1-c1ccc([C@H](C)NC(=O)[C@@H]2C[C@@H](O)CN2C(=O)[C@H](c2cc(OCC#CC34CC(CN5CC(Oc6cc(N7C8CCC7CN(c7cc(-c9ccccc9O)nnc7N)C8)ccn6)C5)(C3)C4)no2)C(C)C)cc1. The maximum Gasteiger partial charge on any atom is 0.255 e. The number of hydrogen-bond acceptors (Lipinski definition) is 17. The van der Waals surface area contributed by atoms with E-state index in [4.69, 9.17) is 19.7 Å². The second kappa shape index (κ2) is 20.3. The summed E-state index contributed by atoms with van der Waals surface area (Å²) in [6.45, 7) is 12.3. The molecule has 4 aromatic heterocycles. The highest BCUT2D eigenvalue weighted by Crippen LogP contribution is 2.73. The number of amides is 2. The average molecular weight is 1060 g/mol. The van der Waals surface area contributed by atoms with E-state index in [1.165, 1.54) is 4.90 Å². The third kappa shape index (κ3) is 9.91. The summed E-state index contributed by atoms with van der Waals surface area (Å²) in [5, 5.41) is 36.9. The Bertz CT molecular complexity index is 3210. The van der Waals surface area contributed by atoms with Crippen LogP contribution >= 0.6 is 11.3 Å². The lowest BCUT2D eigenvalue weighted by atomic mass is 9.35. The van der Waals surface area contributed by atoms with Gasteiger partial charge in [-0.15, -0.1) is 21.5 Å². The number of nitrogen functional groups attached to an aromatic ring is 1. The van der Waals surface area contributed by atoms with Crippen molar-refractivity contribution in [3.8, 4) is 51.0 Å². The van der Waals surface area contributed by atoms with Crippen molar-refractivity contribution >= 4 is 40.3 Å². The first kappa shape index (κ1) is 50.5. The number of carbonyl (C=O) groups excluding carboxylic acids is 2. The maximum absolute atomic E-state index is 14.2. The Morgan fingerprint density at radius 1 is 0.948 bits per heavy atom. The fourth-order valence-corrected chi connectivity index (χ4v) is 14.0. The lowest BCUT2D eigenvalue weighted by Crippen LogP contribution is -2.68. The van der Waals surface area contributed by atoms with E-state index >= 15 is 0 Å². The minimum Gasteiger partial charge on any atom is -0.507 e. The third-order valence-electron chi connectivity index (χ3n) is 16.8. The van der Waals surface area contributed by atoms with Gasteiger partial charge >= 0.3 is 0 Å². The van der Waals surface area contributed by atoms with Crippen molar-refractivity contribution in [3.63, 3.8) is 0 Å². The van der Waals surface area contributed by atoms with Crippen LogP contribution in [0.4, 0.5) is 17.2 Å². The number of anilines is 3. The number of β-amino-alcohol motifs (C(OH)–C–C–N with tert-alkyl or cyclic N) is 1. The number of nitrogens with two attached hydrogens (primary N) is 1. The van der Waals surface area contributed by atoms with Crippen LogP contribution in [0.25, 0.3) is 21.7 Å². The number of pyridine rings is 1. The predicted octanol–water partition coefficient (Wildman–Crippen LogP) is 7.00. The van der Waals surface area contributed by atoms with E-state index in [9.17, 15) is 19.8 Å². The molecule has 8 heterocycles. The number of hydrogen-bond donors (Lipinski definition) is 4. The molecule has 5 N–H and O–H groups in total. The van der Waals surface area contributed by atoms with Crippen molar-refractivity contribution in [1.29, 1.82) is 0 Å². The minimum absolute atomic E-state index is 0.0350. The maximum atomic E-state index is 14.2. The van der Waals surface area contributed by atoms with Gasteiger partial charge in [-0.05, 0) is 97.8 Å². The molecule has 4 bridgehead atoms. The molecule has 400 valence electrons. The molecular weight excluding hydrogens is 995 g/mol. The second-order valence-corrected chi connectivity index (χ2v) is 23.6. The van der Waals surface area contributed by atoms with Gasteiger partial charge in [-0.1, -0.05) is 62.1 Å². The number of aliphatic hydroxyl groups excluding tert-OH is 1. The number of phenolic OH excluding ortho intramolecular Hbond substituents is 1. The number of fused-ring (bicyclic) bond motifs is 2. The Labute approximate surface area is 452 Å². The molecule has 0 radical (unpaired) electrons. The monoisotopic (exact) mass is 1060 g/mol. The van der Waals surface area contributed by atoms with Gasteiger partial charge in [-0.2, -0.15) is 0 Å². The molecule has 18 nitrogen and oxygen atoms in total. The number of aliphatic hydroxyl groups is 1. The minimum atomic E-state index is -0.835. The lowest BCUT2D eigenvalue weighted by molar-refractivity contribution is -0.186. The van der Waals surface area contributed by atoms with Crippen LogP contribution < -0.4 is 30.3 Å². The van der Waals surface area contributed by atoms with Crippen LogP contribution in [-0.2, 0) is 9.59 Å². The van der Waals surface area contributed by atoms with Gasteiger partial charge in [0.05, 0.1) is 39.6 Å². The van der Waals surface area contributed by atoms with Crippen LogP contribution in [0.1, 0.15) is 88.3 Å². The van der Waals surface area contributed by atoms with Crippen LogP contribution in [0, 0.1) is 35.5 Å². The van der Waals surface area contributed by atoms with E-state index in [2.05, 4.69) is 69.3 Å². The summed E-state index contributed by atoms with van der Waals surface area (Å²) < 4.78 is 18.1. The zero-order valence-electron chi connectivity index (χ0n) is 43.8. The molecule has 2 aromatic carbocycles. The van der Waals surface area contributed by atoms with Gasteiger partial charge in [-0.25, -0.2) is 9.97 Å². The first-order chi connectivity index (χ1) is 37.2. The lowest BCUT2D eigenvalue weighted by Gasteiger charge is -2.70. The number of piperazine rings is 1. The van der Waals surface area contributed by atoms with Gasteiger partial charge in [0.15, 0.2) is 18.2 Å². The van der Waals surface area contributed by atoms with E-state index in [1.54, 1.807) is 29.5 Å². The van der Waals surface area contributed by atoms with Gasteiger partial charge < -0.3 is 50.0 Å². The largest absolute Gasteiger partial charge is 0.507 e. The van der Waals surface area contributed by atoms with Crippen molar-refractivity contribution in [2.45, 2.75) is 109 Å². The summed E-state index contributed by atoms with van der Waals surface area (Å²) in [4.78, 5) is 46.9. The third-order valence-corrected chi connectivity index (χ3v) is 17.7. The van der Waals surface area contributed by atoms with E-state index < -0.39 is 18.1 Å². The Balaban J connectivity index is 0.584. The number of thiazole rings is 1. The molecule has 2 amide bonds. The average Bonchev–Trinajstić information content (AvgIpc) is 4.33. The van der Waals surface area contributed by atoms with E-state index in [-0.39, 0.29) is 66.5 Å². The number of ether oxygens (including phenoxy) is 2. The normalized spacial score (nSPS) is 25.3. The highest BCUT2D eigenvalue weighted by atomic mass is 32.1. The summed E-state index contributed by atoms with van der Waals surface area (Å²) >= 11 is 1.59. The standard InChI is InChI=1S/C58H65N11O7S/c1-34(2)52(56(73)68-26-42(70)21-47(68)55(72)62-35(3)37-10-12-38(13-11-37)53-36(4)61-33-77-53)49-23-51(65-76-49)74-19-7-17-57-29-58(30-57,31-57)32-66-27-43(28-66)75-50-20-39(16-18-60-50)69-40-14-15-41(69)25-67(24-40)46-22-45(63-64-54(46)59)44-8-5-6-9-48(44)71/h5-6,8-13,16,18,20,22-23,33-35,40-43,47,52,70-71H,14-15,19,21,24-32H2,1-4H3,(H2,59,64)(H,62,72)/t35-,40?,41?,42+,47-,52-,57?,58?/m0/s1. The van der Waals surface area contributed by atoms with Gasteiger partial charge in [-0.3, -0.25) is 14.5 Å². The van der Waals surface area contributed by atoms with Gasteiger partial charge in [0, 0.05) is 92.8 Å². The van der Waals surface area contributed by atoms with E-state index in [1.807, 2.05) is 81.9 Å². The Hall–Kier alpha value is -7.27. The smallest absolute Gasteiger partial charge is 0.255 e. The topological polar surface area (TPSA) is 222 Å². The number of aryl methyl sites for hydroxylation is 1. The number of likely N-dealkylation sites (tertiary alicyclic amines) is 2. The Kier molecular flexibility index (Phi) is 13.3. The van der Waals surface area contributed by atoms with Crippen LogP contribution in [0.2, 0.25) is 0 Å². The number of aromatic nitrogens is 5. The number of para-hydroxylation sites is 1. The summed E-state index contributed by atoms with van der Waals surface area (Å²) in [6.07, 6.45) is 6.64. The Morgan fingerprint density at radius 3 is 2.44 bits per heavy atom. The van der Waals surface area contributed by atoms with Crippen molar-refractivity contribution in [2.75, 3.05) is 61.4 Å². The molecule has 4 saturated heterocycles. The van der Waals surface area contributed by atoms with Crippen molar-refractivity contribution in [2.24, 2.45) is 16.7 Å². The zero-order valence-corrected chi connectivity index (χ0v) is 44.7. The molecule has 6 atom stereocenters. The number of aromatic hydroxyl groups is 1. The molecule has 3 saturated carbocycles. The molecule has 2 unspecified atom stereocenters. The van der Waals surface area contributed by atoms with E-state index in [0.29, 0.717) is 46.2 Å². The highest BCUT2D eigenvalue weighted by Gasteiger charge is 2.67. The summed E-state index contributed by atoms with van der Waals surface area (Å²) in [5.41, 5.74) is 14.7. The molecule has 0 spiro atoms. The molecule has 4 aliphatic heterocycles.